The monoisotopic (exact) mass is 275 g/mol. The number of nitrogens with one attached hydrogen (secondary N) is 1. The minimum absolute atomic E-state index is 0.367. The Bertz CT molecular complexity index is 438. The molecule has 3 rings (SSSR count). The van der Waals surface area contributed by atoms with Crippen molar-refractivity contribution in [1.29, 1.82) is 0 Å². The van der Waals surface area contributed by atoms with Crippen LogP contribution in [0.3, 0.4) is 0 Å². The molecule has 2 aliphatic rings. The first kappa shape index (κ1) is 13.8. The normalized spacial score (nSPS) is 22.9. The summed E-state index contributed by atoms with van der Waals surface area (Å²) in [5.41, 5.74) is 1.56. The van der Waals surface area contributed by atoms with Crippen LogP contribution in [0.25, 0.3) is 0 Å². The third-order valence-electron chi connectivity index (χ3n) is 4.70. The number of hydrogen-bond acceptors (Lipinski definition) is 4. The molecular formula is C16H25N3O. The van der Waals surface area contributed by atoms with Crippen molar-refractivity contribution >= 4 is 0 Å². The van der Waals surface area contributed by atoms with Crippen molar-refractivity contribution in [2.45, 2.75) is 44.2 Å². The maximum Gasteiger partial charge on any atom is 0.217 e. The minimum Gasteiger partial charge on any atom is -0.481 e. The highest BCUT2D eigenvalue weighted by atomic mass is 16.5. The van der Waals surface area contributed by atoms with Crippen LogP contribution in [0.2, 0.25) is 0 Å². The first-order chi connectivity index (χ1) is 9.81. The lowest BCUT2D eigenvalue weighted by Crippen LogP contribution is -2.60. The highest BCUT2D eigenvalue weighted by molar-refractivity contribution is 5.25. The Morgan fingerprint density at radius 3 is 3.00 bits per heavy atom. The second-order valence-electron chi connectivity index (χ2n) is 6.15. The van der Waals surface area contributed by atoms with E-state index >= 15 is 0 Å². The third kappa shape index (κ3) is 2.96. The highest BCUT2D eigenvalue weighted by Gasteiger charge is 2.36. The number of hydrogen-bond donors (Lipinski definition) is 1. The van der Waals surface area contributed by atoms with Crippen LogP contribution in [0.5, 0.6) is 5.88 Å². The van der Waals surface area contributed by atoms with Gasteiger partial charge in [0, 0.05) is 43.5 Å². The number of piperazine rings is 1. The molecule has 1 saturated heterocycles. The first-order valence-electron chi connectivity index (χ1n) is 7.77. The first-order valence-corrected chi connectivity index (χ1v) is 7.77. The Labute approximate surface area is 121 Å². The van der Waals surface area contributed by atoms with Gasteiger partial charge in [0.25, 0.3) is 0 Å². The van der Waals surface area contributed by atoms with Crippen molar-refractivity contribution in [2.75, 3.05) is 26.7 Å². The molecule has 2 fully saturated rings. The third-order valence-corrected chi connectivity index (χ3v) is 4.70. The molecule has 1 N–H and O–H groups in total. The largest absolute Gasteiger partial charge is 0.481 e. The molecule has 4 heteroatoms. The smallest absolute Gasteiger partial charge is 0.217 e. The van der Waals surface area contributed by atoms with E-state index in [9.17, 15) is 0 Å². The highest BCUT2D eigenvalue weighted by Crippen LogP contribution is 2.31. The van der Waals surface area contributed by atoms with Crippen LogP contribution in [-0.2, 0) is 6.54 Å². The lowest BCUT2D eigenvalue weighted by Gasteiger charge is -2.46. The molecule has 1 aliphatic heterocycles. The molecule has 1 aliphatic carbocycles. The zero-order valence-electron chi connectivity index (χ0n) is 12.4. The topological polar surface area (TPSA) is 37.4 Å². The van der Waals surface area contributed by atoms with Crippen LogP contribution >= 0.6 is 0 Å². The SMILES string of the molecule is COc1ncccc1CN1CCNC2(CCCCC2)C1. The molecule has 20 heavy (non-hydrogen) atoms. The van der Waals surface area contributed by atoms with E-state index in [4.69, 9.17) is 4.74 Å². The number of aromatic nitrogens is 1. The van der Waals surface area contributed by atoms with Crippen molar-refractivity contribution in [3.63, 3.8) is 0 Å². The zero-order chi connectivity index (χ0) is 13.8. The van der Waals surface area contributed by atoms with Crippen molar-refractivity contribution < 1.29 is 4.74 Å². The van der Waals surface area contributed by atoms with Crippen molar-refractivity contribution in [3.8, 4) is 5.88 Å². The lowest BCUT2D eigenvalue weighted by molar-refractivity contribution is 0.0937. The van der Waals surface area contributed by atoms with E-state index in [1.165, 1.54) is 37.7 Å². The average Bonchev–Trinajstić information content (AvgIpc) is 2.49. The Balaban J connectivity index is 1.68. The standard InChI is InChI=1S/C16H25N3O/c1-20-15-14(6-5-9-17-15)12-19-11-10-18-16(13-19)7-3-2-4-8-16/h5-6,9,18H,2-4,7-8,10-13H2,1H3. The van der Waals surface area contributed by atoms with Gasteiger partial charge in [-0.25, -0.2) is 4.98 Å². The molecular weight excluding hydrogens is 250 g/mol. The summed E-state index contributed by atoms with van der Waals surface area (Å²) in [6, 6.07) is 4.12. The molecule has 1 saturated carbocycles. The van der Waals surface area contributed by atoms with Crippen LogP contribution in [0.15, 0.2) is 18.3 Å². The van der Waals surface area contributed by atoms with Gasteiger partial charge in [0.2, 0.25) is 5.88 Å². The van der Waals surface area contributed by atoms with Crippen LogP contribution in [0.4, 0.5) is 0 Å². The van der Waals surface area contributed by atoms with E-state index in [-0.39, 0.29) is 0 Å². The fourth-order valence-corrected chi connectivity index (χ4v) is 3.71. The van der Waals surface area contributed by atoms with Crippen molar-refractivity contribution in [3.05, 3.63) is 23.9 Å². The maximum absolute atomic E-state index is 5.37. The number of nitrogens with zero attached hydrogens (tertiary/aromatic N) is 2. The number of ether oxygens (including phenoxy) is 1. The van der Waals surface area contributed by atoms with Crippen LogP contribution < -0.4 is 10.1 Å². The molecule has 0 aromatic carbocycles. The molecule has 1 spiro atoms. The summed E-state index contributed by atoms with van der Waals surface area (Å²) in [5, 5.41) is 3.79. The molecule has 0 amide bonds. The average molecular weight is 275 g/mol. The summed E-state index contributed by atoms with van der Waals surface area (Å²) in [7, 11) is 1.70. The fourth-order valence-electron chi connectivity index (χ4n) is 3.71. The van der Waals surface area contributed by atoms with Crippen LogP contribution in [0, 0.1) is 0 Å². The number of methoxy groups -OCH3 is 1. The molecule has 0 radical (unpaired) electrons. The summed E-state index contributed by atoms with van der Waals surface area (Å²) >= 11 is 0. The van der Waals surface area contributed by atoms with E-state index in [0.29, 0.717) is 5.54 Å². The van der Waals surface area contributed by atoms with Crippen molar-refractivity contribution in [1.82, 2.24) is 15.2 Å². The second-order valence-corrected chi connectivity index (χ2v) is 6.15. The minimum atomic E-state index is 0.367. The Kier molecular flexibility index (Phi) is 4.22. The van der Waals surface area contributed by atoms with E-state index in [1.54, 1.807) is 13.3 Å². The van der Waals surface area contributed by atoms with Gasteiger partial charge in [0.05, 0.1) is 7.11 Å². The summed E-state index contributed by atoms with van der Waals surface area (Å²) in [6.07, 6.45) is 8.60. The zero-order valence-corrected chi connectivity index (χ0v) is 12.4. The van der Waals surface area contributed by atoms with E-state index in [2.05, 4.69) is 21.3 Å². The number of pyridine rings is 1. The Morgan fingerprint density at radius 2 is 2.20 bits per heavy atom. The van der Waals surface area contributed by atoms with Crippen LogP contribution in [-0.4, -0.2) is 42.2 Å². The van der Waals surface area contributed by atoms with Gasteiger partial charge in [-0.2, -0.15) is 0 Å². The van der Waals surface area contributed by atoms with Gasteiger partial charge >= 0.3 is 0 Å². The lowest BCUT2D eigenvalue weighted by atomic mass is 9.80. The van der Waals surface area contributed by atoms with Gasteiger partial charge in [0.15, 0.2) is 0 Å². The second kappa shape index (κ2) is 6.10. The molecule has 0 bridgehead atoms. The van der Waals surface area contributed by atoms with Gasteiger partial charge in [-0.15, -0.1) is 0 Å². The predicted molar refractivity (Wildman–Crippen MR) is 79.9 cm³/mol. The van der Waals surface area contributed by atoms with Gasteiger partial charge in [0.1, 0.15) is 0 Å². The van der Waals surface area contributed by atoms with Crippen molar-refractivity contribution in [2.24, 2.45) is 0 Å². The molecule has 0 atom stereocenters. The predicted octanol–water partition coefficient (Wildman–Crippen LogP) is 2.20. The summed E-state index contributed by atoms with van der Waals surface area (Å²) in [6.45, 7) is 4.31. The molecule has 2 heterocycles. The quantitative estimate of drug-likeness (QED) is 0.917. The molecule has 110 valence electrons. The summed E-state index contributed by atoms with van der Waals surface area (Å²) in [5.74, 6) is 0.767. The molecule has 1 aromatic rings. The van der Waals surface area contributed by atoms with E-state index in [1.807, 2.05) is 6.07 Å². The summed E-state index contributed by atoms with van der Waals surface area (Å²) < 4.78 is 5.37. The molecule has 4 nitrogen and oxygen atoms in total. The molecule has 0 unspecified atom stereocenters. The van der Waals surface area contributed by atoms with Gasteiger partial charge in [-0.05, 0) is 18.9 Å². The number of rotatable bonds is 3. The maximum atomic E-state index is 5.37. The van der Waals surface area contributed by atoms with E-state index in [0.717, 1.165) is 32.1 Å². The summed E-state index contributed by atoms with van der Waals surface area (Å²) in [4.78, 5) is 6.86. The Morgan fingerprint density at radius 1 is 1.35 bits per heavy atom. The molecule has 1 aromatic heterocycles. The van der Waals surface area contributed by atoms with E-state index < -0.39 is 0 Å². The fraction of sp³-hybridized carbons (Fsp3) is 0.688. The van der Waals surface area contributed by atoms with Gasteiger partial charge in [-0.3, -0.25) is 4.90 Å². The Hall–Kier alpha value is -1.13. The van der Waals surface area contributed by atoms with Gasteiger partial charge in [-0.1, -0.05) is 25.3 Å². The van der Waals surface area contributed by atoms with Crippen LogP contribution in [0.1, 0.15) is 37.7 Å². The van der Waals surface area contributed by atoms with Gasteiger partial charge < -0.3 is 10.1 Å².